The summed E-state index contributed by atoms with van der Waals surface area (Å²) in [5.41, 5.74) is 7.83. The summed E-state index contributed by atoms with van der Waals surface area (Å²) in [6.45, 7) is 2.59. The smallest absolute Gasteiger partial charge is 0.224 e. The minimum atomic E-state index is -0.107. The SMILES string of the molecule is CC(NC(=O)[C@@H]1CCC[C@@H]1CN)c1nc2ccccc2n1C.Cl.Cl. The van der Waals surface area contributed by atoms with Crippen LogP contribution in [0.1, 0.15) is 38.1 Å². The zero-order chi connectivity index (χ0) is 15.7. The number of hydrogen-bond acceptors (Lipinski definition) is 3. The van der Waals surface area contributed by atoms with Gasteiger partial charge >= 0.3 is 0 Å². The Kier molecular flexibility index (Phi) is 7.52. The first-order valence-corrected chi connectivity index (χ1v) is 8.03. The van der Waals surface area contributed by atoms with Gasteiger partial charge in [-0.05, 0) is 44.4 Å². The van der Waals surface area contributed by atoms with Gasteiger partial charge in [-0.2, -0.15) is 0 Å². The van der Waals surface area contributed by atoms with Crippen LogP contribution in [0.2, 0.25) is 0 Å². The van der Waals surface area contributed by atoms with Crippen LogP contribution >= 0.6 is 24.8 Å². The molecule has 5 nitrogen and oxygen atoms in total. The second kappa shape index (κ2) is 8.70. The van der Waals surface area contributed by atoms with Crippen LogP contribution in [-0.4, -0.2) is 22.0 Å². The molecular weight excluding hydrogens is 347 g/mol. The third-order valence-electron chi connectivity index (χ3n) is 4.87. The number of rotatable bonds is 4. The topological polar surface area (TPSA) is 72.9 Å². The van der Waals surface area contributed by atoms with Crippen LogP contribution in [-0.2, 0) is 11.8 Å². The van der Waals surface area contributed by atoms with E-state index in [9.17, 15) is 4.79 Å². The predicted octanol–water partition coefficient (Wildman–Crippen LogP) is 2.97. The standard InChI is InChI=1S/C17H24N4O.2ClH/c1-11(19-17(22)13-7-5-6-12(13)10-18)16-20-14-8-3-4-9-15(14)21(16)2;;/h3-4,8-9,11-13H,5-7,10,18H2,1-2H3,(H,19,22);2*1H/t11?,12-,13-;;/m1../s1. The maximum Gasteiger partial charge on any atom is 0.224 e. The number of imidazole rings is 1. The molecule has 0 spiro atoms. The number of benzene rings is 1. The molecule has 0 aliphatic heterocycles. The van der Waals surface area contributed by atoms with Crippen LogP contribution in [0.5, 0.6) is 0 Å². The third-order valence-corrected chi connectivity index (χ3v) is 4.87. The fourth-order valence-corrected chi connectivity index (χ4v) is 3.60. The van der Waals surface area contributed by atoms with Crippen LogP contribution in [0.15, 0.2) is 24.3 Å². The lowest BCUT2D eigenvalue weighted by Gasteiger charge is -2.20. The molecule has 1 aliphatic carbocycles. The van der Waals surface area contributed by atoms with Crippen molar-refractivity contribution in [1.82, 2.24) is 14.9 Å². The highest BCUT2D eigenvalue weighted by Gasteiger charge is 2.32. The molecule has 3 N–H and O–H groups in total. The van der Waals surface area contributed by atoms with Gasteiger partial charge in [-0.15, -0.1) is 24.8 Å². The van der Waals surface area contributed by atoms with E-state index in [0.29, 0.717) is 12.5 Å². The molecule has 1 aromatic heterocycles. The van der Waals surface area contributed by atoms with Gasteiger partial charge in [0.2, 0.25) is 5.91 Å². The van der Waals surface area contributed by atoms with Crippen molar-refractivity contribution in [1.29, 1.82) is 0 Å². The van der Waals surface area contributed by atoms with Gasteiger partial charge in [-0.1, -0.05) is 18.6 Å². The van der Waals surface area contributed by atoms with Gasteiger partial charge in [0.25, 0.3) is 0 Å². The third kappa shape index (κ3) is 3.85. The molecule has 1 amide bonds. The van der Waals surface area contributed by atoms with Crippen molar-refractivity contribution in [3.05, 3.63) is 30.1 Å². The van der Waals surface area contributed by atoms with Crippen molar-refractivity contribution in [3.8, 4) is 0 Å². The first-order chi connectivity index (χ1) is 10.6. The molecular formula is C17H26Cl2N4O. The van der Waals surface area contributed by atoms with E-state index in [4.69, 9.17) is 5.73 Å². The summed E-state index contributed by atoms with van der Waals surface area (Å²) < 4.78 is 2.05. The van der Waals surface area contributed by atoms with Crippen molar-refractivity contribution < 1.29 is 4.79 Å². The summed E-state index contributed by atoms with van der Waals surface area (Å²) in [6, 6.07) is 7.91. The molecule has 1 saturated carbocycles. The quantitative estimate of drug-likeness (QED) is 0.866. The van der Waals surface area contributed by atoms with E-state index in [1.54, 1.807) is 0 Å². The maximum absolute atomic E-state index is 12.5. The first-order valence-electron chi connectivity index (χ1n) is 8.03. The Morgan fingerprint density at radius 3 is 2.75 bits per heavy atom. The van der Waals surface area contributed by atoms with Crippen LogP contribution in [0.4, 0.5) is 0 Å². The van der Waals surface area contributed by atoms with E-state index in [1.165, 1.54) is 0 Å². The van der Waals surface area contributed by atoms with E-state index >= 15 is 0 Å². The molecule has 3 rings (SSSR count). The zero-order valence-electron chi connectivity index (χ0n) is 14.1. The number of para-hydroxylation sites is 2. The predicted molar refractivity (Wildman–Crippen MR) is 102 cm³/mol. The summed E-state index contributed by atoms with van der Waals surface area (Å²) in [4.78, 5) is 17.2. The first kappa shape index (κ1) is 20.7. The van der Waals surface area contributed by atoms with Crippen molar-refractivity contribution in [2.45, 2.75) is 32.2 Å². The number of hydrogen-bond donors (Lipinski definition) is 2. The number of aromatic nitrogens is 2. The van der Waals surface area contributed by atoms with Crippen LogP contribution in [0, 0.1) is 11.8 Å². The number of aryl methyl sites for hydroxylation is 1. The van der Waals surface area contributed by atoms with Crippen LogP contribution in [0.25, 0.3) is 11.0 Å². The van der Waals surface area contributed by atoms with Gasteiger partial charge < -0.3 is 15.6 Å². The van der Waals surface area contributed by atoms with E-state index in [2.05, 4.69) is 14.9 Å². The van der Waals surface area contributed by atoms with Gasteiger partial charge in [0.1, 0.15) is 5.82 Å². The van der Waals surface area contributed by atoms with Gasteiger partial charge in [0, 0.05) is 13.0 Å². The summed E-state index contributed by atoms with van der Waals surface area (Å²) in [5.74, 6) is 1.39. The van der Waals surface area contributed by atoms with Gasteiger partial charge in [-0.25, -0.2) is 4.98 Å². The number of halogens is 2. The number of carbonyl (C=O) groups is 1. The summed E-state index contributed by atoms with van der Waals surface area (Å²) in [7, 11) is 1.99. The lowest BCUT2D eigenvalue weighted by Crippen LogP contribution is -2.37. The number of carbonyl (C=O) groups excluding carboxylic acids is 1. The molecule has 1 fully saturated rings. The number of nitrogens with zero attached hydrogens (tertiary/aromatic N) is 2. The highest BCUT2D eigenvalue weighted by Crippen LogP contribution is 2.31. The van der Waals surface area contributed by atoms with Crippen LogP contribution in [0.3, 0.4) is 0 Å². The molecule has 7 heteroatoms. The van der Waals surface area contributed by atoms with Crippen molar-refractivity contribution in [2.75, 3.05) is 6.54 Å². The van der Waals surface area contributed by atoms with Crippen molar-refractivity contribution in [3.63, 3.8) is 0 Å². The zero-order valence-corrected chi connectivity index (χ0v) is 15.7. The summed E-state index contributed by atoms with van der Waals surface area (Å²) in [5, 5.41) is 3.13. The number of amides is 1. The fourth-order valence-electron chi connectivity index (χ4n) is 3.60. The molecule has 3 atom stereocenters. The van der Waals surface area contributed by atoms with E-state index in [-0.39, 0.29) is 42.7 Å². The molecule has 24 heavy (non-hydrogen) atoms. The highest BCUT2D eigenvalue weighted by molar-refractivity contribution is 5.85. The van der Waals surface area contributed by atoms with E-state index in [0.717, 1.165) is 36.1 Å². The second-order valence-corrected chi connectivity index (χ2v) is 6.28. The molecule has 134 valence electrons. The molecule has 0 saturated heterocycles. The molecule has 2 aromatic rings. The average molecular weight is 373 g/mol. The Labute approximate surface area is 155 Å². The van der Waals surface area contributed by atoms with E-state index in [1.807, 2.05) is 38.2 Å². The Hall–Kier alpha value is -1.30. The molecule has 1 unspecified atom stereocenters. The summed E-state index contributed by atoms with van der Waals surface area (Å²) >= 11 is 0. The highest BCUT2D eigenvalue weighted by atomic mass is 35.5. The normalized spacial score (nSPS) is 21.0. The van der Waals surface area contributed by atoms with Crippen LogP contribution < -0.4 is 11.1 Å². The molecule has 0 bridgehead atoms. The lowest BCUT2D eigenvalue weighted by atomic mass is 9.95. The van der Waals surface area contributed by atoms with Crippen molar-refractivity contribution in [2.24, 2.45) is 24.6 Å². The maximum atomic E-state index is 12.5. The number of nitrogens with two attached hydrogens (primary N) is 1. The van der Waals surface area contributed by atoms with Gasteiger partial charge in [0.05, 0.1) is 17.1 Å². The second-order valence-electron chi connectivity index (χ2n) is 6.28. The molecule has 1 aromatic carbocycles. The number of nitrogens with one attached hydrogen (secondary N) is 1. The Balaban J connectivity index is 0.00000144. The largest absolute Gasteiger partial charge is 0.346 e. The van der Waals surface area contributed by atoms with Gasteiger partial charge in [-0.3, -0.25) is 4.79 Å². The van der Waals surface area contributed by atoms with Crippen molar-refractivity contribution >= 4 is 41.8 Å². The minimum absolute atomic E-state index is 0. The van der Waals surface area contributed by atoms with E-state index < -0.39 is 0 Å². The summed E-state index contributed by atoms with van der Waals surface area (Å²) in [6.07, 6.45) is 3.11. The molecule has 1 aliphatic rings. The minimum Gasteiger partial charge on any atom is -0.346 e. The monoisotopic (exact) mass is 372 g/mol. The lowest BCUT2D eigenvalue weighted by molar-refractivity contribution is -0.126. The Morgan fingerprint density at radius 1 is 1.38 bits per heavy atom. The molecule has 1 heterocycles. The van der Waals surface area contributed by atoms with Gasteiger partial charge in [0.15, 0.2) is 0 Å². The average Bonchev–Trinajstić information content (AvgIpc) is 3.12. The fraction of sp³-hybridized carbons (Fsp3) is 0.529. The number of fused-ring (bicyclic) bond motifs is 1. The Bertz CT molecular complexity index is 688. The molecule has 0 radical (unpaired) electrons. The Morgan fingerprint density at radius 2 is 2.08 bits per heavy atom.